The lowest BCUT2D eigenvalue weighted by Gasteiger charge is -2.30. The zero-order valence-electron chi connectivity index (χ0n) is 17.2. The maximum absolute atomic E-state index is 13.3. The van der Waals surface area contributed by atoms with E-state index in [-0.39, 0.29) is 29.3 Å². The quantitative estimate of drug-likeness (QED) is 0.798. The van der Waals surface area contributed by atoms with E-state index in [1.165, 1.54) is 0 Å². The van der Waals surface area contributed by atoms with Gasteiger partial charge in [-0.3, -0.25) is 4.79 Å². The van der Waals surface area contributed by atoms with Gasteiger partial charge in [-0.25, -0.2) is 8.42 Å². The van der Waals surface area contributed by atoms with Crippen LogP contribution in [0.5, 0.6) is 0 Å². The summed E-state index contributed by atoms with van der Waals surface area (Å²) in [6.45, 7) is 8.65. The molecule has 2 aliphatic heterocycles. The average Bonchev–Trinajstić information content (AvgIpc) is 3.17. The molecule has 0 spiro atoms. The second kappa shape index (κ2) is 9.11. The van der Waals surface area contributed by atoms with Crippen LogP contribution in [-0.4, -0.2) is 62.8 Å². The molecule has 1 aromatic carbocycles. The number of rotatable bonds is 4. The topological polar surface area (TPSA) is 69.7 Å². The fourth-order valence-corrected chi connectivity index (χ4v) is 5.72. The van der Waals surface area contributed by atoms with Crippen LogP contribution in [0.3, 0.4) is 0 Å². The second-order valence-electron chi connectivity index (χ2n) is 8.07. The highest BCUT2D eigenvalue weighted by molar-refractivity contribution is 7.89. The number of nitrogens with one attached hydrogen (secondary N) is 1. The van der Waals surface area contributed by atoms with Gasteiger partial charge in [-0.2, -0.15) is 4.31 Å². The number of nitrogens with zero attached hydrogens (tertiary/aromatic N) is 2. The highest BCUT2D eigenvalue weighted by atomic mass is 35.5. The van der Waals surface area contributed by atoms with Crippen LogP contribution < -0.4 is 5.32 Å². The number of piperidine rings is 1. The molecule has 8 heteroatoms. The molecule has 0 aliphatic carbocycles. The fraction of sp³-hybridized carbons (Fsp3) is 0.650. The van der Waals surface area contributed by atoms with E-state index in [0.717, 1.165) is 43.5 Å². The first-order chi connectivity index (χ1) is 12.7. The molecule has 28 heavy (non-hydrogen) atoms. The van der Waals surface area contributed by atoms with Crippen LogP contribution in [0.4, 0.5) is 0 Å². The van der Waals surface area contributed by atoms with Crippen molar-refractivity contribution in [1.29, 1.82) is 0 Å². The molecule has 1 amide bonds. The number of sulfonamides is 1. The monoisotopic (exact) mass is 429 g/mol. The van der Waals surface area contributed by atoms with E-state index in [4.69, 9.17) is 0 Å². The van der Waals surface area contributed by atoms with Gasteiger partial charge in [0, 0.05) is 38.3 Å². The van der Waals surface area contributed by atoms with Crippen molar-refractivity contribution in [2.45, 2.75) is 51.0 Å². The van der Waals surface area contributed by atoms with Crippen molar-refractivity contribution in [3.05, 3.63) is 28.8 Å². The predicted molar refractivity (Wildman–Crippen MR) is 114 cm³/mol. The molecule has 1 unspecified atom stereocenters. The maximum Gasteiger partial charge on any atom is 0.253 e. The summed E-state index contributed by atoms with van der Waals surface area (Å²) in [6.07, 6.45) is 2.69. The highest BCUT2D eigenvalue weighted by Gasteiger charge is 2.31. The van der Waals surface area contributed by atoms with Crippen LogP contribution in [-0.2, 0) is 10.0 Å². The van der Waals surface area contributed by atoms with Crippen LogP contribution in [0.1, 0.15) is 47.7 Å². The Morgan fingerprint density at radius 3 is 2.39 bits per heavy atom. The zero-order chi connectivity index (χ0) is 19.8. The largest absolute Gasteiger partial charge is 0.337 e. The van der Waals surface area contributed by atoms with Gasteiger partial charge in [0.05, 0.1) is 4.90 Å². The number of halogens is 1. The van der Waals surface area contributed by atoms with Gasteiger partial charge in [0.15, 0.2) is 0 Å². The Kier molecular flexibility index (Phi) is 7.53. The van der Waals surface area contributed by atoms with E-state index < -0.39 is 10.0 Å². The number of aryl methyl sites for hydroxylation is 1. The minimum absolute atomic E-state index is 0. The van der Waals surface area contributed by atoms with Crippen molar-refractivity contribution in [3.63, 3.8) is 0 Å². The summed E-state index contributed by atoms with van der Waals surface area (Å²) >= 11 is 0. The van der Waals surface area contributed by atoms with Gasteiger partial charge in [-0.15, -0.1) is 12.4 Å². The summed E-state index contributed by atoms with van der Waals surface area (Å²) < 4.78 is 28.1. The van der Waals surface area contributed by atoms with Crippen LogP contribution in [0.25, 0.3) is 0 Å². The molecule has 158 valence electrons. The third kappa shape index (κ3) is 4.53. The Morgan fingerprint density at radius 1 is 1.18 bits per heavy atom. The van der Waals surface area contributed by atoms with E-state index in [2.05, 4.69) is 12.2 Å². The summed E-state index contributed by atoms with van der Waals surface area (Å²) in [6, 6.07) is 3.55. The number of amides is 1. The standard InChI is InChI=1S/C20H31N3O3S.ClH/c1-14-6-9-23(10-7-14)27(25,26)19-12-17(11-15(2)16(19)3)20(24)22(4)18-5-8-21-13-18;/h11-12,14,18,21H,5-10,13H2,1-4H3;1H. The first-order valence-electron chi connectivity index (χ1n) is 9.81. The Labute approximate surface area is 175 Å². The van der Waals surface area contributed by atoms with Gasteiger partial charge in [0.2, 0.25) is 10.0 Å². The maximum atomic E-state index is 13.3. The molecule has 3 rings (SSSR count). The van der Waals surface area contributed by atoms with Crippen LogP contribution in [0.2, 0.25) is 0 Å². The summed E-state index contributed by atoms with van der Waals surface area (Å²) in [5.74, 6) is 0.441. The summed E-state index contributed by atoms with van der Waals surface area (Å²) in [5.41, 5.74) is 2.02. The first-order valence-corrected chi connectivity index (χ1v) is 11.2. The van der Waals surface area contributed by atoms with Crippen molar-refractivity contribution in [2.24, 2.45) is 5.92 Å². The molecule has 0 bridgehead atoms. The molecule has 1 aromatic rings. The number of carbonyl (C=O) groups excluding carboxylic acids is 1. The highest BCUT2D eigenvalue weighted by Crippen LogP contribution is 2.28. The van der Waals surface area contributed by atoms with Crippen molar-refractivity contribution in [3.8, 4) is 0 Å². The molecular weight excluding hydrogens is 398 g/mol. The fourth-order valence-electron chi connectivity index (χ4n) is 3.92. The zero-order valence-corrected chi connectivity index (χ0v) is 18.8. The second-order valence-corrected chi connectivity index (χ2v) is 9.97. The van der Waals surface area contributed by atoms with E-state index in [1.807, 2.05) is 19.9 Å². The third-order valence-corrected chi connectivity index (χ3v) is 8.15. The van der Waals surface area contributed by atoms with Gasteiger partial charge < -0.3 is 10.2 Å². The number of hydrogen-bond acceptors (Lipinski definition) is 4. The van der Waals surface area contributed by atoms with Gasteiger partial charge in [0.25, 0.3) is 5.91 Å². The molecule has 6 nitrogen and oxygen atoms in total. The number of likely N-dealkylation sites (N-methyl/N-ethyl adjacent to an activating group) is 1. The molecule has 2 fully saturated rings. The van der Waals surface area contributed by atoms with Crippen LogP contribution >= 0.6 is 12.4 Å². The molecule has 2 heterocycles. The van der Waals surface area contributed by atoms with Gasteiger partial charge >= 0.3 is 0 Å². The Morgan fingerprint density at radius 2 is 1.82 bits per heavy atom. The van der Waals surface area contributed by atoms with Gasteiger partial charge in [-0.05, 0) is 68.8 Å². The minimum Gasteiger partial charge on any atom is -0.337 e. The van der Waals surface area contributed by atoms with Crippen molar-refractivity contribution in [2.75, 3.05) is 33.2 Å². The van der Waals surface area contributed by atoms with E-state index in [0.29, 0.717) is 24.6 Å². The Hall–Kier alpha value is -1.15. The number of hydrogen-bond donors (Lipinski definition) is 1. The van der Waals surface area contributed by atoms with Crippen LogP contribution in [0.15, 0.2) is 17.0 Å². The normalized spacial score (nSPS) is 21.4. The summed E-state index contributed by atoms with van der Waals surface area (Å²) in [5, 5.41) is 3.27. The smallest absolute Gasteiger partial charge is 0.253 e. The first kappa shape index (κ1) is 23.1. The summed E-state index contributed by atoms with van der Waals surface area (Å²) in [7, 11) is -1.79. The van der Waals surface area contributed by atoms with E-state index in [1.54, 1.807) is 22.3 Å². The molecule has 0 radical (unpaired) electrons. The number of carbonyl (C=O) groups is 1. The van der Waals surface area contributed by atoms with Gasteiger partial charge in [0.1, 0.15) is 0 Å². The lowest BCUT2D eigenvalue weighted by atomic mass is 10.0. The number of benzene rings is 1. The molecule has 2 saturated heterocycles. The third-order valence-electron chi connectivity index (χ3n) is 6.13. The molecule has 1 N–H and O–H groups in total. The lowest BCUT2D eigenvalue weighted by Crippen LogP contribution is -2.39. The summed E-state index contributed by atoms with van der Waals surface area (Å²) in [4.78, 5) is 15.0. The predicted octanol–water partition coefficient (Wildman–Crippen LogP) is 2.58. The van der Waals surface area contributed by atoms with Crippen LogP contribution in [0, 0.1) is 19.8 Å². The molecule has 0 saturated carbocycles. The average molecular weight is 430 g/mol. The molecule has 1 atom stereocenters. The van der Waals surface area contributed by atoms with E-state index >= 15 is 0 Å². The Bertz CT molecular complexity index is 814. The van der Waals surface area contributed by atoms with Crippen molar-refractivity contribution < 1.29 is 13.2 Å². The lowest BCUT2D eigenvalue weighted by molar-refractivity contribution is 0.0743. The molecule has 2 aliphatic rings. The van der Waals surface area contributed by atoms with Crippen molar-refractivity contribution >= 4 is 28.3 Å². The molecule has 0 aromatic heterocycles. The SMILES string of the molecule is Cc1cc(C(=O)N(C)C2CCNC2)cc(S(=O)(=O)N2CCC(C)CC2)c1C.Cl. The molecular formula is C20H32ClN3O3S. The Balaban J connectivity index is 0.00000280. The van der Waals surface area contributed by atoms with Crippen molar-refractivity contribution in [1.82, 2.24) is 14.5 Å². The van der Waals surface area contributed by atoms with Gasteiger partial charge in [-0.1, -0.05) is 6.92 Å². The minimum atomic E-state index is -3.59. The van der Waals surface area contributed by atoms with E-state index in [9.17, 15) is 13.2 Å².